The van der Waals surface area contributed by atoms with E-state index in [0.717, 1.165) is 6.92 Å². The summed E-state index contributed by atoms with van der Waals surface area (Å²) in [4.78, 5) is 20.8. The molecule has 0 aliphatic carbocycles. The van der Waals surface area contributed by atoms with Crippen molar-refractivity contribution in [3.8, 4) is 0 Å². The molecule has 0 amide bonds. The molecule has 3 N–H and O–H groups in total. The Bertz CT molecular complexity index is 202. The van der Waals surface area contributed by atoms with E-state index in [0.29, 0.717) is 0 Å². The minimum atomic E-state index is -1.65. The van der Waals surface area contributed by atoms with Crippen molar-refractivity contribution in [1.82, 2.24) is 0 Å². The zero-order valence-corrected chi connectivity index (χ0v) is 7.95. The van der Waals surface area contributed by atoms with Crippen molar-refractivity contribution in [2.75, 3.05) is 0 Å². The smallest absolute Gasteiger partial charge is 0.303 e. The van der Waals surface area contributed by atoms with E-state index in [-0.39, 0.29) is 6.29 Å². The van der Waals surface area contributed by atoms with Crippen LogP contribution in [0.3, 0.4) is 0 Å². The van der Waals surface area contributed by atoms with Gasteiger partial charge in [-0.2, -0.15) is 0 Å². The Balaban J connectivity index is 4.53. The fraction of sp³-hybridized carbons (Fsp3) is 0.750. The van der Waals surface area contributed by atoms with Gasteiger partial charge in [0.05, 0.1) is 6.10 Å². The van der Waals surface area contributed by atoms with Crippen LogP contribution in [0.15, 0.2) is 0 Å². The van der Waals surface area contributed by atoms with E-state index in [1.165, 1.54) is 6.92 Å². The molecule has 14 heavy (non-hydrogen) atoms. The maximum atomic E-state index is 10.6. The lowest BCUT2D eigenvalue weighted by Gasteiger charge is -2.25. The standard InChI is InChI=1S/C8H14O6/c1-4(10)7(13)8(6(12)3-9)14-5(2)11/h3-4,6-8,10,12-13H,1-2H3/t4-,6-,7-,8-/m0/s1. The van der Waals surface area contributed by atoms with Crippen LogP contribution in [-0.4, -0.2) is 52.0 Å². The summed E-state index contributed by atoms with van der Waals surface area (Å²) in [5.41, 5.74) is 0. The van der Waals surface area contributed by atoms with E-state index in [1.54, 1.807) is 0 Å². The number of aldehydes is 1. The predicted molar refractivity (Wildman–Crippen MR) is 45.3 cm³/mol. The molecule has 4 atom stereocenters. The summed E-state index contributed by atoms with van der Waals surface area (Å²) in [7, 11) is 0. The molecule has 0 spiro atoms. The molecule has 0 aliphatic rings. The van der Waals surface area contributed by atoms with E-state index in [2.05, 4.69) is 4.74 Å². The fourth-order valence-electron chi connectivity index (χ4n) is 0.885. The average molecular weight is 206 g/mol. The summed E-state index contributed by atoms with van der Waals surface area (Å²) < 4.78 is 4.50. The lowest BCUT2D eigenvalue weighted by Crippen LogP contribution is -2.46. The summed E-state index contributed by atoms with van der Waals surface area (Å²) in [6.45, 7) is 2.32. The topological polar surface area (TPSA) is 104 Å². The third-order valence-electron chi connectivity index (χ3n) is 1.61. The van der Waals surface area contributed by atoms with Gasteiger partial charge in [-0.15, -0.1) is 0 Å². The minimum Gasteiger partial charge on any atom is -0.456 e. The molecule has 82 valence electrons. The first-order chi connectivity index (χ1) is 6.40. The number of carbonyl (C=O) groups excluding carboxylic acids is 2. The largest absolute Gasteiger partial charge is 0.456 e. The molecule has 6 heteroatoms. The summed E-state index contributed by atoms with van der Waals surface area (Å²) in [6, 6.07) is 0. The zero-order valence-electron chi connectivity index (χ0n) is 7.95. The van der Waals surface area contributed by atoms with Crippen LogP contribution in [0.4, 0.5) is 0 Å². The van der Waals surface area contributed by atoms with Gasteiger partial charge in [0.1, 0.15) is 12.2 Å². The predicted octanol–water partition coefficient (Wildman–Crippen LogP) is -1.78. The van der Waals surface area contributed by atoms with E-state index in [4.69, 9.17) is 10.2 Å². The molecule has 0 aromatic carbocycles. The molecular formula is C8H14O6. The van der Waals surface area contributed by atoms with Crippen LogP contribution in [0.2, 0.25) is 0 Å². The van der Waals surface area contributed by atoms with Crippen molar-refractivity contribution in [2.45, 2.75) is 38.3 Å². The highest BCUT2D eigenvalue weighted by atomic mass is 16.6. The minimum absolute atomic E-state index is 0.124. The molecule has 0 saturated carbocycles. The summed E-state index contributed by atoms with van der Waals surface area (Å²) in [5, 5.41) is 27.3. The molecule has 0 rings (SSSR count). The normalized spacial score (nSPS) is 19.2. The second kappa shape index (κ2) is 5.69. The first-order valence-electron chi connectivity index (χ1n) is 4.06. The summed E-state index contributed by atoms with van der Waals surface area (Å²) >= 11 is 0. The van der Waals surface area contributed by atoms with Crippen LogP contribution in [-0.2, 0) is 14.3 Å². The van der Waals surface area contributed by atoms with Crippen LogP contribution in [0.1, 0.15) is 13.8 Å². The highest BCUT2D eigenvalue weighted by Gasteiger charge is 2.32. The number of ether oxygens (including phenoxy) is 1. The van der Waals surface area contributed by atoms with Crippen molar-refractivity contribution in [1.29, 1.82) is 0 Å². The van der Waals surface area contributed by atoms with Crippen molar-refractivity contribution >= 4 is 12.3 Å². The van der Waals surface area contributed by atoms with Gasteiger partial charge in [0, 0.05) is 6.92 Å². The number of esters is 1. The molecule has 6 nitrogen and oxygen atoms in total. The first kappa shape index (κ1) is 13.0. The third-order valence-corrected chi connectivity index (χ3v) is 1.61. The Kier molecular flexibility index (Phi) is 5.29. The number of hydrogen-bond donors (Lipinski definition) is 3. The summed E-state index contributed by atoms with van der Waals surface area (Å²) in [6.07, 6.45) is -5.68. The number of carbonyl (C=O) groups is 2. The molecule has 0 radical (unpaired) electrons. The van der Waals surface area contributed by atoms with Gasteiger partial charge in [-0.1, -0.05) is 0 Å². The number of aliphatic hydroxyl groups excluding tert-OH is 3. The first-order valence-corrected chi connectivity index (χ1v) is 4.06. The van der Waals surface area contributed by atoms with E-state index >= 15 is 0 Å². The molecule has 0 aromatic rings. The van der Waals surface area contributed by atoms with Gasteiger partial charge in [0.2, 0.25) is 0 Å². The average Bonchev–Trinajstić information content (AvgIpc) is 2.11. The molecule has 0 heterocycles. The van der Waals surface area contributed by atoms with Gasteiger partial charge in [0.15, 0.2) is 12.4 Å². The van der Waals surface area contributed by atoms with Crippen LogP contribution in [0.25, 0.3) is 0 Å². The molecule has 0 saturated heterocycles. The van der Waals surface area contributed by atoms with Gasteiger partial charge in [-0.25, -0.2) is 0 Å². The van der Waals surface area contributed by atoms with Gasteiger partial charge in [-0.3, -0.25) is 4.79 Å². The second-order valence-corrected chi connectivity index (χ2v) is 2.93. The van der Waals surface area contributed by atoms with Crippen molar-refractivity contribution < 1.29 is 29.6 Å². The highest BCUT2D eigenvalue weighted by molar-refractivity contribution is 5.67. The van der Waals surface area contributed by atoms with Gasteiger partial charge in [-0.05, 0) is 6.92 Å². The van der Waals surface area contributed by atoms with Crippen LogP contribution >= 0.6 is 0 Å². The van der Waals surface area contributed by atoms with E-state index in [1.807, 2.05) is 0 Å². The van der Waals surface area contributed by atoms with E-state index in [9.17, 15) is 14.7 Å². The van der Waals surface area contributed by atoms with E-state index < -0.39 is 30.4 Å². The van der Waals surface area contributed by atoms with Crippen LogP contribution in [0.5, 0.6) is 0 Å². The van der Waals surface area contributed by atoms with Gasteiger partial charge >= 0.3 is 5.97 Å². The maximum Gasteiger partial charge on any atom is 0.303 e. The monoisotopic (exact) mass is 206 g/mol. The molecule has 0 aromatic heterocycles. The van der Waals surface area contributed by atoms with Crippen LogP contribution < -0.4 is 0 Å². The van der Waals surface area contributed by atoms with Gasteiger partial charge in [0.25, 0.3) is 0 Å². The number of hydrogen-bond acceptors (Lipinski definition) is 6. The van der Waals surface area contributed by atoms with Gasteiger partial charge < -0.3 is 24.9 Å². The number of aliphatic hydroxyl groups is 3. The van der Waals surface area contributed by atoms with Crippen molar-refractivity contribution in [2.24, 2.45) is 0 Å². The third kappa shape index (κ3) is 3.82. The fourth-order valence-corrected chi connectivity index (χ4v) is 0.885. The van der Waals surface area contributed by atoms with Crippen LogP contribution in [0, 0.1) is 0 Å². The SMILES string of the molecule is CC(=O)O[C@H]([C@@H](O)[C@H](C)O)[C@@H](O)C=O. The zero-order chi connectivity index (χ0) is 11.3. The lowest BCUT2D eigenvalue weighted by molar-refractivity contribution is -0.169. The second-order valence-electron chi connectivity index (χ2n) is 2.93. The maximum absolute atomic E-state index is 10.6. The molecule has 0 aliphatic heterocycles. The Morgan fingerprint density at radius 2 is 1.86 bits per heavy atom. The van der Waals surface area contributed by atoms with Crippen molar-refractivity contribution in [3.63, 3.8) is 0 Å². The Morgan fingerprint density at radius 3 is 2.14 bits per heavy atom. The quantitative estimate of drug-likeness (QED) is 0.363. The summed E-state index contributed by atoms with van der Waals surface area (Å²) in [5.74, 6) is -0.754. The molecular weight excluding hydrogens is 192 g/mol. The molecule has 0 unspecified atom stereocenters. The highest BCUT2D eigenvalue weighted by Crippen LogP contribution is 2.08. The Hall–Kier alpha value is -0.980. The Morgan fingerprint density at radius 1 is 1.36 bits per heavy atom. The van der Waals surface area contributed by atoms with Crippen molar-refractivity contribution in [3.05, 3.63) is 0 Å². The molecule has 0 fully saturated rings. The lowest BCUT2D eigenvalue weighted by atomic mass is 10.0. The number of rotatable bonds is 5. The Labute approximate surface area is 81.1 Å². The molecule has 0 bridgehead atoms.